The Morgan fingerprint density at radius 1 is 0.507 bits per heavy atom. The van der Waals surface area contributed by atoms with E-state index in [9.17, 15) is 0 Å². The molecule has 1 unspecified atom stereocenters. The average Bonchev–Trinajstić information content (AvgIpc) is 4.17. The topological polar surface area (TPSA) is 27.9 Å². The third-order valence-corrected chi connectivity index (χ3v) is 15.1. The number of fused-ring (bicyclic) bond motifs is 12. The van der Waals surface area contributed by atoms with Crippen molar-refractivity contribution in [1.82, 2.24) is 13.7 Å². The van der Waals surface area contributed by atoms with Crippen LogP contribution in [-0.4, -0.2) is 13.7 Å². The van der Waals surface area contributed by atoms with Crippen molar-refractivity contribution in [2.24, 2.45) is 0 Å². The van der Waals surface area contributed by atoms with Crippen molar-refractivity contribution in [3.8, 4) is 27.9 Å². The van der Waals surface area contributed by atoms with Gasteiger partial charge >= 0.3 is 0 Å². The molecule has 9 aromatic carbocycles. The van der Waals surface area contributed by atoms with Crippen molar-refractivity contribution in [2.75, 3.05) is 0 Å². The lowest BCUT2D eigenvalue weighted by molar-refractivity contribution is 0.669. The van der Waals surface area contributed by atoms with Crippen LogP contribution in [0.1, 0.15) is 42.5 Å². The standard InChI is InChI=1S/C67H49N3O/c1-43(68-60-27-9-3-21-52(60)53-22-4-10-28-61(53)68)37-50(38-44(2)69-62-29-11-5-23-54(62)55-24-6-12-30-63(55)69)48-20-16-18-46(40-48)45-17-15-19-47(39-45)49-33-35-66-58(41-49)59-42-51(34-36-67(59)71-66)70-64-31-13-7-25-56(64)57-26-8-14-32-65(57)70/h3-7,9-25,27-36,38-42,50H,1,8,26,37H2,2H3/b44-38+. The van der Waals surface area contributed by atoms with Crippen molar-refractivity contribution in [2.45, 2.75) is 32.1 Å². The number of furan rings is 1. The van der Waals surface area contributed by atoms with Gasteiger partial charge in [0.05, 0.1) is 27.6 Å². The summed E-state index contributed by atoms with van der Waals surface area (Å²) >= 11 is 0. The Labute approximate surface area is 411 Å². The van der Waals surface area contributed by atoms with Gasteiger partial charge in [0.2, 0.25) is 0 Å². The Kier molecular flexibility index (Phi) is 9.50. The van der Waals surface area contributed by atoms with Crippen LogP contribution in [0.5, 0.6) is 0 Å². The maximum atomic E-state index is 6.49. The Bertz CT molecular complexity index is 4260. The lowest BCUT2D eigenvalue weighted by Gasteiger charge is -2.20. The van der Waals surface area contributed by atoms with Gasteiger partial charge in [0, 0.05) is 66.4 Å². The van der Waals surface area contributed by atoms with E-state index in [4.69, 9.17) is 11.0 Å². The minimum absolute atomic E-state index is 0.0122. The smallest absolute Gasteiger partial charge is 0.135 e. The van der Waals surface area contributed by atoms with Crippen LogP contribution in [0.25, 0.3) is 122 Å². The Morgan fingerprint density at radius 2 is 1.03 bits per heavy atom. The number of allylic oxidation sites excluding steroid dienone is 4. The van der Waals surface area contributed by atoms with E-state index in [1.807, 2.05) is 0 Å². The maximum absolute atomic E-state index is 6.49. The van der Waals surface area contributed by atoms with Gasteiger partial charge in [0.25, 0.3) is 0 Å². The second-order valence-corrected chi connectivity index (χ2v) is 19.3. The molecule has 13 aromatic rings. The lowest BCUT2D eigenvalue weighted by atomic mass is 9.90. The molecule has 0 saturated carbocycles. The molecule has 1 atom stereocenters. The quantitative estimate of drug-likeness (QED) is 0.142. The normalized spacial score (nSPS) is 13.4. The highest BCUT2D eigenvalue weighted by Gasteiger charge is 2.22. The van der Waals surface area contributed by atoms with Gasteiger partial charge in [0.1, 0.15) is 11.2 Å². The number of aryl methyl sites for hydroxylation is 1. The second-order valence-electron chi connectivity index (χ2n) is 19.3. The molecular weight excluding hydrogens is 863 g/mol. The molecule has 4 heteroatoms. The molecule has 338 valence electrons. The number of nitrogens with zero attached hydrogens (tertiary/aromatic N) is 3. The summed E-state index contributed by atoms with van der Waals surface area (Å²) in [7, 11) is 0. The Morgan fingerprint density at radius 3 is 1.68 bits per heavy atom. The van der Waals surface area contributed by atoms with E-state index in [1.54, 1.807) is 0 Å². The fourth-order valence-corrected chi connectivity index (χ4v) is 11.9. The van der Waals surface area contributed by atoms with Crippen LogP contribution < -0.4 is 0 Å². The monoisotopic (exact) mass is 911 g/mol. The van der Waals surface area contributed by atoms with Gasteiger partial charge in [0.15, 0.2) is 0 Å². The molecule has 0 spiro atoms. The van der Waals surface area contributed by atoms with Gasteiger partial charge < -0.3 is 18.1 Å². The third kappa shape index (κ3) is 6.66. The highest BCUT2D eigenvalue weighted by molar-refractivity contribution is 6.11. The van der Waals surface area contributed by atoms with Crippen molar-refractivity contribution in [1.29, 1.82) is 0 Å². The predicted molar refractivity (Wildman–Crippen MR) is 300 cm³/mol. The van der Waals surface area contributed by atoms with Crippen LogP contribution in [0.4, 0.5) is 0 Å². The molecule has 1 aliphatic carbocycles. The lowest BCUT2D eigenvalue weighted by Crippen LogP contribution is -2.05. The van der Waals surface area contributed by atoms with E-state index in [0.717, 1.165) is 63.7 Å². The summed E-state index contributed by atoms with van der Waals surface area (Å²) in [6.07, 6.45) is 9.92. The number of benzene rings is 9. The summed E-state index contributed by atoms with van der Waals surface area (Å²) in [5, 5.41) is 8.57. The minimum Gasteiger partial charge on any atom is -0.456 e. The SMILES string of the molecule is C=C(CC(/C=C(\C)n1c2ccccc2c2ccccc21)c1cccc(-c2cccc(-c3ccc4oc5ccc(-n6c7c(c8ccccc86)CCC=C7)cc5c4c3)c2)c1)n1c2ccccc2c2ccccc21. The van der Waals surface area contributed by atoms with Crippen LogP contribution in [0.2, 0.25) is 0 Å². The molecule has 0 aliphatic heterocycles. The van der Waals surface area contributed by atoms with Crippen molar-refractivity contribution in [3.63, 3.8) is 0 Å². The summed E-state index contributed by atoms with van der Waals surface area (Å²) < 4.78 is 13.7. The van der Waals surface area contributed by atoms with Crippen LogP contribution in [-0.2, 0) is 6.42 Å². The van der Waals surface area contributed by atoms with Gasteiger partial charge in [-0.1, -0.05) is 158 Å². The van der Waals surface area contributed by atoms with Crippen molar-refractivity contribution in [3.05, 3.63) is 242 Å². The van der Waals surface area contributed by atoms with Crippen molar-refractivity contribution >= 4 is 93.9 Å². The number of hydrogen-bond acceptors (Lipinski definition) is 1. The van der Waals surface area contributed by atoms with E-state index in [1.165, 1.54) is 88.2 Å². The van der Waals surface area contributed by atoms with E-state index >= 15 is 0 Å². The summed E-state index contributed by atoms with van der Waals surface area (Å²) in [5.41, 5.74) is 19.8. The maximum Gasteiger partial charge on any atom is 0.135 e. The highest BCUT2D eigenvalue weighted by atomic mass is 16.3. The number of para-hydroxylation sites is 5. The first-order valence-electron chi connectivity index (χ1n) is 24.8. The molecule has 0 N–H and O–H groups in total. The molecule has 1 aliphatic rings. The zero-order chi connectivity index (χ0) is 47.2. The van der Waals surface area contributed by atoms with Gasteiger partial charge in [-0.15, -0.1) is 0 Å². The number of aromatic nitrogens is 3. The molecule has 0 amide bonds. The first kappa shape index (κ1) is 41.1. The molecule has 4 nitrogen and oxygen atoms in total. The average molecular weight is 912 g/mol. The van der Waals surface area contributed by atoms with E-state index in [0.29, 0.717) is 0 Å². The highest BCUT2D eigenvalue weighted by Crippen LogP contribution is 2.41. The molecule has 0 bridgehead atoms. The molecule has 0 radical (unpaired) electrons. The van der Waals surface area contributed by atoms with E-state index < -0.39 is 0 Å². The first-order valence-corrected chi connectivity index (χ1v) is 24.8. The molecule has 4 heterocycles. The predicted octanol–water partition coefficient (Wildman–Crippen LogP) is 18.2. The summed E-state index contributed by atoms with van der Waals surface area (Å²) in [6, 6.07) is 75.2. The molecule has 71 heavy (non-hydrogen) atoms. The van der Waals surface area contributed by atoms with Gasteiger partial charge in [-0.25, -0.2) is 0 Å². The first-order chi connectivity index (χ1) is 35.0. The van der Waals surface area contributed by atoms with E-state index in [2.05, 4.69) is 245 Å². The fourth-order valence-electron chi connectivity index (χ4n) is 11.9. The molecular formula is C67H49N3O. The minimum atomic E-state index is 0.0122. The summed E-state index contributed by atoms with van der Waals surface area (Å²) in [4.78, 5) is 0. The van der Waals surface area contributed by atoms with Gasteiger partial charge in [-0.3, -0.25) is 0 Å². The van der Waals surface area contributed by atoms with Gasteiger partial charge in [-0.05, 0) is 132 Å². The molecule has 14 rings (SSSR count). The molecule has 4 aromatic heterocycles. The molecule has 0 fully saturated rings. The Hall–Kier alpha value is -8.86. The number of rotatable bonds is 9. The van der Waals surface area contributed by atoms with Crippen LogP contribution in [0.3, 0.4) is 0 Å². The van der Waals surface area contributed by atoms with Crippen LogP contribution in [0, 0.1) is 0 Å². The summed E-state index contributed by atoms with van der Waals surface area (Å²) in [5.74, 6) is 0.0122. The molecule has 0 saturated heterocycles. The van der Waals surface area contributed by atoms with E-state index in [-0.39, 0.29) is 5.92 Å². The van der Waals surface area contributed by atoms with Crippen LogP contribution >= 0.6 is 0 Å². The fraction of sp³-hybridized carbons (Fsp3) is 0.0746. The van der Waals surface area contributed by atoms with Crippen molar-refractivity contribution < 1.29 is 4.42 Å². The van der Waals surface area contributed by atoms with Crippen LogP contribution in [0.15, 0.2) is 229 Å². The second kappa shape index (κ2) is 16.4. The zero-order valence-corrected chi connectivity index (χ0v) is 39.5. The number of hydrogen-bond donors (Lipinski definition) is 0. The third-order valence-electron chi connectivity index (χ3n) is 15.1. The zero-order valence-electron chi connectivity index (χ0n) is 39.5. The summed E-state index contributed by atoms with van der Waals surface area (Å²) in [6.45, 7) is 7.12. The van der Waals surface area contributed by atoms with Gasteiger partial charge in [-0.2, -0.15) is 0 Å². The largest absolute Gasteiger partial charge is 0.456 e. The Balaban J connectivity index is 0.857.